The Labute approximate surface area is 155 Å². The minimum Gasteiger partial charge on any atom is -0.497 e. The van der Waals surface area contributed by atoms with E-state index in [1.54, 1.807) is 7.11 Å². The summed E-state index contributed by atoms with van der Waals surface area (Å²) >= 11 is 0. The molecule has 3 N–H and O–H groups in total. The highest BCUT2D eigenvalue weighted by molar-refractivity contribution is 5.73. The molecule has 2 rings (SSSR count). The summed E-state index contributed by atoms with van der Waals surface area (Å²) in [6, 6.07) is 17.8. The Kier molecular flexibility index (Phi) is 8.49. The molecule has 0 fully saturated rings. The van der Waals surface area contributed by atoms with Crippen molar-refractivity contribution >= 4 is 6.03 Å². The number of carbonyl (C=O) groups is 1. The Bertz CT molecular complexity index is 644. The van der Waals surface area contributed by atoms with E-state index in [9.17, 15) is 9.90 Å². The molecule has 0 bridgehead atoms. The van der Waals surface area contributed by atoms with Gasteiger partial charge in [0.15, 0.2) is 0 Å². The van der Waals surface area contributed by atoms with Gasteiger partial charge in [0.1, 0.15) is 5.75 Å². The molecule has 0 unspecified atom stereocenters. The highest BCUT2D eigenvalue weighted by Crippen LogP contribution is 2.22. The van der Waals surface area contributed by atoms with Gasteiger partial charge < -0.3 is 20.5 Å². The molecule has 0 aliphatic rings. The fourth-order valence-corrected chi connectivity index (χ4v) is 2.89. The second-order valence-electron chi connectivity index (χ2n) is 6.19. The SMILES string of the molecule is COc1ccc(CCNC(=O)NCC[C@@H](CCO)c2ccccc2)cc1. The maximum Gasteiger partial charge on any atom is 0.314 e. The van der Waals surface area contributed by atoms with Gasteiger partial charge in [-0.25, -0.2) is 4.79 Å². The molecule has 0 aliphatic carbocycles. The van der Waals surface area contributed by atoms with Crippen LogP contribution in [-0.4, -0.2) is 37.9 Å². The minimum atomic E-state index is -0.158. The third kappa shape index (κ3) is 6.76. The Balaban J connectivity index is 1.67. The van der Waals surface area contributed by atoms with Crippen LogP contribution in [0.4, 0.5) is 4.79 Å². The van der Waals surface area contributed by atoms with Crippen molar-refractivity contribution < 1.29 is 14.6 Å². The van der Waals surface area contributed by atoms with Crippen LogP contribution in [0.1, 0.15) is 29.9 Å². The monoisotopic (exact) mass is 356 g/mol. The van der Waals surface area contributed by atoms with E-state index >= 15 is 0 Å². The molecule has 1 atom stereocenters. The van der Waals surface area contributed by atoms with Crippen molar-refractivity contribution in [2.24, 2.45) is 0 Å². The number of urea groups is 1. The van der Waals surface area contributed by atoms with Crippen LogP contribution < -0.4 is 15.4 Å². The topological polar surface area (TPSA) is 70.6 Å². The lowest BCUT2D eigenvalue weighted by atomic mass is 9.93. The molecular weight excluding hydrogens is 328 g/mol. The number of rotatable bonds is 10. The first-order valence-electron chi connectivity index (χ1n) is 9.03. The molecule has 0 radical (unpaired) electrons. The van der Waals surface area contributed by atoms with Gasteiger partial charge in [0.05, 0.1) is 7.11 Å². The normalized spacial score (nSPS) is 11.6. The summed E-state index contributed by atoms with van der Waals surface area (Å²) in [4.78, 5) is 11.9. The molecule has 2 aromatic carbocycles. The number of hydrogen-bond donors (Lipinski definition) is 3. The van der Waals surface area contributed by atoms with Crippen LogP contribution in [0.25, 0.3) is 0 Å². The summed E-state index contributed by atoms with van der Waals surface area (Å²) in [6.07, 6.45) is 2.27. The number of methoxy groups -OCH3 is 1. The average molecular weight is 356 g/mol. The van der Waals surface area contributed by atoms with Gasteiger partial charge in [0, 0.05) is 19.7 Å². The molecule has 2 amide bonds. The maximum atomic E-state index is 11.9. The van der Waals surface area contributed by atoms with Crippen molar-refractivity contribution in [3.05, 3.63) is 65.7 Å². The Morgan fingerprint density at radius 2 is 1.69 bits per heavy atom. The Morgan fingerprint density at radius 1 is 1.00 bits per heavy atom. The second-order valence-corrected chi connectivity index (χ2v) is 6.19. The van der Waals surface area contributed by atoms with E-state index in [1.165, 1.54) is 5.56 Å². The molecule has 5 nitrogen and oxygen atoms in total. The molecular formula is C21H28N2O3. The average Bonchev–Trinajstić information content (AvgIpc) is 2.68. The van der Waals surface area contributed by atoms with Crippen molar-refractivity contribution in [3.63, 3.8) is 0 Å². The molecule has 0 saturated heterocycles. The lowest BCUT2D eigenvalue weighted by molar-refractivity contribution is 0.240. The number of ether oxygens (including phenoxy) is 1. The summed E-state index contributed by atoms with van der Waals surface area (Å²) in [5.41, 5.74) is 2.35. The number of benzene rings is 2. The van der Waals surface area contributed by atoms with Gasteiger partial charge in [0.25, 0.3) is 0 Å². The Hall–Kier alpha value is -2.53. The number of aliphatic hydroxyl groups is 1. The molecule has 0 saturated carbocycles. The zero-order chi connectivity index (χ0) is 18.6. The van der Waals surface area contributed by atoms with Gasteiger partial charge in [-0.05, 0) is 48.4 Å². The summed E-state index contributed by atoms with van der Waals surface area (Å²) < 4.78 is 5.13. The van der Waals surface area contributed by atoms with E-state index < -0.39 is 0 Å². The van der Waals surface area contributed by atoms with E-state index in [0.717, 1.165) is 24.2 Å². The van der Waals surface area contributed by atoms with E-state index in [4.69, 9.17) is 4.74 Å². The van der Waals surface area contributed by atoms with Gasteiger partial charge in [-0.2, -0.15) is 0 Å². The van der Waals surface area contributed by atoms with Crippen molar-refractivity contribution in [2.75, 3.05) is 26.8 Å². The predicted molar refractivity (Wildman–Crippen MR) is 104 cm³/mol. The summed E-state index contributed by atoms with van der Waals surface area (Å²) in [6.45, 7) is 1.30. The number of amides is 2. The summed E-state index contributed by atoms with van der Waals surface area (Å²) in [5, 5.41) is 15.0. The minimum absolute atomic E-state index is 0.146. The number of carbonyl (C=O) groups excluding carboxylic acids is 1. The van der Waals surface area contributed by atoms with E-state index in [1.807, 2.05) is 42.5 Å². The summed E-state index contributed by atoms with van der Waals surface area (Å²) in [7, 11) is 1.64. The zero-order valence-corrected chi connectivity index (χ0v) is 15.3. The smallest absolute Gasteiger partial charge is 0.314 e. The van der Waals surface area contributed by atoms with Crippen molar-refractivity contribution in [1.82, 2.24) is 10.6 Å². The highest BCUT2D eigenvalue weighted by atomic mass is 16.5. The molecule has 140 valence electrons. The third-order valence-corrected chi connectivity index (χ3v) is 4.39. The van der Waals surface area contributed by atoms with Crippen LogP contribution in [0.5, 0.6) is 5.75 Å². The molecule has 0 spiro atoms. The van der Waals surface area contributed by atoms with Crippen LogP contribution >= 0.6 is 0 Å². The molecule has 26 heavy (non-hydrogen) atoms. The number of aliphatic hydroxyl groups excluding tert-OH is 1. The third-order valence-electron chi connectivity index (χ3n) is 4.39. The van der Waals surface area contributed by atoms with E-state index in [2.05, 4.69) is 22.8 Å². The van der Waals surface area contributed by atoms with Crippen LogP contribution in [-0.2, 0) is 6.42 Å². The quantitative estimate of drug-likeness (QED) is 0.613. The van der Waals surface area contributed by atoms with Crippen LogP contribution in [0, 0.1) is 0 Å². The molecule has 0 heterocycles. The van der Waals surface area contributed by atoms with Crippen molar-refractivity contribution in [2.45, 2.75) is 25.2 Å². The number of hydrogen-bond acceptors (Lipinski definition) is 3. The first-order chi connectivity index (χ1) is 12.7. The van der Waals surface area contributed by atoms with Gasteiger partial charge in [0.2, 0.25) is 0 Å². The van der Waals surface area contributed by atoms with Gasteiger partial charge in [-0.1, -0.05) is 42.5 Å². The van der Waals surface area contributed by atoms with Gasteiger partial charge >= 0.3 is 6.03 Å². The van der Waals surface area contributed by atoms with E-state index in [0.29, 0.717) is 19.5 Å². The van der Waals surface area contributed by atoms with Crippen LogP contribution in [0.15, 0.2) is 54.6 Å². The second kappa shape index (κ2) is 11.2. The molecule has 2 aromatic rings. The van der Waals surface area contributed by atoms with Crippen LogP contribution in [0.2, 0.25) is 0 Å². The van der Waals surface area contributed by atoms with Crippen molar-refractivity contribution in [1.29, 1.82) is 0 Å². The predicted octanol–water partition coefficient (Wildman–Crippen LogP) is 3.09. The highest BCUT2D eigenvalue weighted by Gasteiger charge is 2.11. The van der Waals surface area contributed by atoms with Crippen LogP contribution in [0.3, 0.4) is 0 Å². The molecule has 0 aliphatic heterocycles. The fourth-order valence-electron chi connectivity index (χ4n) is 2.89. The first-order valence-corrected chi connectivity index (χ1v) is 9.03. The Morgan fingerprint density at radius 3 is 2.35 bits per heavy atom. The standard InChI is InChI=1S/C21H28N2O3/c1-26-20-9-7-17(8-10-20)11-14-22-21(25)23-15-12-19(13-16-24)18-5-3-2-4-6-18/h2-10,19,24H,11-16H2,1H3,(H2,22,23,25)/t19-/m0/s1. The fraction of sp³-hybridized carbons (Fsp3) is 0.381. The lowest BCUT2D eigenvalue weighted by Gasteiger charge is -2.17. The lowest BCUT2D eigenvalue weighted by Crippen LogP contribution is -2.37. The maximum absolute atomic E-state index is 11.9. The molecule has 0 aromatic heterocycles. The molecule has 5 heteroatoms. The van der Waals surface area contributed by atoms with E-state index in [-0.39, 0.29) is 18.6 Å². The largest absolute Gasteiger partial charge is 0.497 e. The number of nitrogens with one attached hydrogen (secondary N) is 2. The zero-order valence-electron chi connectivity index (χ0n) is 15.3. The van der Waals surface area contributed by atoms with Gasteiger partial charge in [-0.15, -0.1) is 0 Å². The first kappa shape index (κ1) is 19.8. The van der Waals surface area contributed by atoms with Crippen molar-refractivity contribution in [3.8, 4) is 5.75 Å². The summed E-state index contributed by atoms with van der Waals surface area (Å²) in [5.74, 6) is 1.08. The van der Waals surface area contributed by atoms with Gasteiger partial charge in [-0.3, -0.25) is 0 Å².